The van der Waals surface area contributed by atoms with E-state index in [1.165, 1.54) is 24.3 Å². The third-order valence-corrected chi connectivity index (χ3v) is 9.08. The molecule has 0 spiro atoms. The zero-order chi connectivity index (χ0) is 37.8. The fourth-order valence-corrected chi connectivity index (χ4v) is 6.20. The molecule has 0 saturated carbocycles. The SMILES string of the molecule is CCNC1CCN(C(=O)C(NC(=O)C(Cc2ccc(OC(F)(F)F)cc2)CC(O)C(Cc2ccccc2)NC(=O)OC(C)(C)C)C(C)CC)CC1. The first kappa shape index (κ1) is 41.6. The third-order valence-electron chi connectivity index (χ3n) is 9.08. The summed E-state index contributed by atoms with van der Waals surface area (Å²) in [4.78, 5) is 42.7. The van der Waals surface area contributed by atoms with Gasteiger partial charge in [-0.25, -0.2) is 4.79 Å². The molecule has 1 aliphatic rings. The molecule has 5 unspecified atom stereocenters. The van der Waals surface area contributed by atoms with Crippen LogP contribution in [0.2, 0.25) is 0 Å². The predicted octanol–water partition coefficient (Wildman–Crippen LogP) is 5.76. The highest BCUT2D eigenvalue weighted by atomic mass is 19.4. The molecule has 1 fully saturated rings. The maximum atomic E-state index is 14.2. The highest BCUT2D eigenvalue weighted by Gasteiger charge is 2.36. The van der Waals surface area contributed by atoms with Gasteiger partial charge in [0.05, 0.1) is 12.1 Å². The summed E-state index contributed by atoms with van der Waals surface area (Å²) in [6.45, 7) is 13.0. The monoisotopic (exact) mass is 720 g/mol. The van der Waals surface area contributed by atoms with Crippen LogP contribution < -0.4 is 20.7 Å². The quantitative estimate of drug-likeness (QED) is 0.174. The molecule has 0 radical (unpaired) electrons. The normalized spacial score (nSPS) is 17.1. The van der Waals surface area contributed by atoms with E-state index >= 15 is 0 Å². The first-order chi connectivity index (χ1) is 24.0. The summed E-state index contributed by atoms with van der Waals surface area (Å²) in [5, 5.41) is 20.9. The molecule has 2 aromatic rings. The van der Waals surface area contributed by atoms with Crippen LogP contribution in [0.1, 0.15) is 78.4 Å². The maximum absolute atomic E-state index is 14.2. The largest absolute Gasteiger partial charge is 0.573 e. The van der Waals surface area contributed by atoms with Crippen LogP contribution in [0.5, 0.6) is 5.75 Å². The van der Waals surface area contributed by atoms with Crippen molar-refractivity contribution in [3.05, 3.63) is 65.7 Å². The Labute approximate surface area is 299 Å². The van der Waals surface area contributed by atoms with Crippen molar-refractivity contribution < 1.29 is 42.1 Å². The van der Waals surface area contributed by atoms with Gasteiger partial charge in [0.25, 0.3) is 0 Å². The van der Waals surface area contributed by atoms with Crippen LogP contribution in [0.3, 0.4) is 0 Å². The summed E-state index contributed by atoms with van der Waals surface area (Å²) in [5.74, 6) is -2.18. The number of nitrogens with zero attached hydrogens (tertiary/aromatic N) is 1. The Morgan fingerprint density at radius 1 is 0.922 bits per heavy atom. The lowest BCUT2D eigenvalue weighted by molar-refractivity contribution is -0.274. The lowest BCUT2D eigenvalue weighted by Gasteiger charge is -2.36. The van der Waals surface area contributed by atoms with E-state index in [9.17, 15) is 32.7 Å². The summed E-state index contributed by atoms with van der Waals surface area (Å²) < 4.78 is 47.9. The summed E-state index contributed by atoms with van der Waals surface area (Å²) in [7, 11) is 0. The molecule has 51 heavy (non-hydrogen) atoms. The Hall–Kier alpha value is -3.84. The molecule has 13 heteroatoms. The number of amides is 3. The molecule has 5 atom stereocenters. The smallest absolute Gasteiger partial charge is 0.444 e. The number of nitrogens with one attached hydrogen (secondary N) is 3. The summed E-state index contributed by atoms with van der Waals surface area (Å²) in [6, 6.07) is 13.1. The van der Waals surface area contributed by atoms with Gasteiger partial charge in [-0.05, 0) is 88.6 Å². The summed E-state index contributed by atoms with van der Waals surface area (Å²) in [5.41, 5.74) is 0.559. The lowest BCUT2D eigenvalue weighted by Crippen LogP contribution is -2.56. The number of piperidine rings is 1. The standard InChI is InChI=1S/C38H55F3N4O6/c1-7-25(3)33(35(48)45-20-18-29(19-21-45)42-8-2)44-34(47)28(22-27-14-16-30(17-15-27)50-38(39,40)41)24-32(46)31(23-26-12-10-9-11-13-26)43-36(49)51-37(4,5)6/h9-17,25,28-29,31-33,42,46H,7-8,18-24H2,1-6H3,(H,43,49)(H,44,47). The van der Waals surface area contributed by atoms with Crippen molar-refractivity contribution in [3.8, 4) is 5.75 Å². The second-order valence-corrected chi connectivity index (χ2v) is 14.4. The molecule has 1 heterocycles. The van der Waals surface area contributed by atoms with Crippen LogP contribution in [0.15, 0.2) is 54.6 Å². The number of benzene rings is 2. The Balaban J connectivity index is 1.89. The Bertz CT molecular complexity index is 1380. The maximum Gasteiger partial charge on any atom is 0.573 e. The summed E-state index contributed by atoms with van der Waals surface area (Å²) in [6.07, 6.45) is -4.47. The number of carbonyl (C=O) groups is 3. The highest BCUT2D eigenvalue weighted by molar-refractivity contribution is 5.89. The molecule has 0 aliphatic carbocycles. The van der Waals surface area contributed by atoms with Gasteiger partial charge >= 0.3 is 12.5 Å². The number of carbonyl (C=O) groups excluding carboxylic acids is 3. The topological polar surface area (TPSA) is 129 Å². The molecule has 0 aromatic heterocycles. The van der Waals surface area contributed by atoms with Crippen molar-refractivity contribution >= 4 is 17.9 Å². The van der Waals surface area contributed by atoms with Crippen LogP contribution >= 0.6 is 0 Å². The average Bonchev–Trinajstić information content (AvgIpc) is 3.06. The molecule has 4 N–H and O–H groups in total. The highest BCUT2D eigenvalue weighted by Crippen LogP contribution is 2.26. The van der Waals surface area contributed by atoms with Crippen molar-refractivity contribution in [1.82, 2.24) is 20.9 Å². The van der Waals surface area contributed by atoms with Gasteiger partial charge < -0.3 is 35.4 Å². The fraction of sp³-hybridized carbons (Fsp3) is 0.605. The van der Waals surface area contributed by atoms with E-state index in [0.717, 1.165) is 24.9 Å². The molecule has 10 nitrogen and oxygen atoms in total. The minimum Gasteiger partial charge on any atom is -0.444 e. The number of alkyl halides is 3. The zero-order valence-corrected chi connectivity index (χ0v) is 30.6. The van der Waals surface area contributed by atoms with Gasteiger partial charge in [-0.1, -0.05) is 69.7 Å². The molecule has 1 saturated heterocycles. The van der Waals surface area contributed by atoms with E-state index in [1.807, 2.05) is 51.1 Å². The number of likely N-dealkylation sites (tertiary alicyclic amines) is 1. The van der Waals surface area contributed by atoms with Crippen LogP contribution in [0, 0.1) is 11.8 Å². The lowest BCUT2D eigenvalue weighted by atomic mass is 9.87. The Morgan fingerprint density at radius 3 is 2.08 bits per heavy atom. The van der Waals surface area contributed by atoms with Gasteiger partial charge in [0.2, 0.25) is 11.8 Å². The molecule has 3 amide bonds. The van der Waals surface area contributed by atoms with E-state index in [0.29, 0.717) is 31.1 Å². The van der Waals surface area contributed by atoms with Gasteiger partial charge in [-0.3, -0.25) is 9.59 Å². The van der Waals surface area contributed by atoms with Crippen molar-refractivity contribution in [2.75, 3.05) is 19.6 Å². The molecule has 3 rings (SSSR count). The van der Waals surface area contributed by atoms with E-state index in [2.05, 4.69) is 20.7 Å². The third kappa shape index (κ3) is 14.4. The summed E-state index contributed by atoms with van der Waals surface area (Å²) >= 11 is 0. The van der Waals surface area contributed by atoms with E-state index in [-0.39, 0.29) is 31.1 Å². The van der Waals surface area contributed by atoms with Crippen molar-refractivity contribution in [3.63, 3.8) is 0 Å². The van der Waals surface area contributed by atoms with E-state index in [4.69, 9.17) is 4.74 Å². The number of hydrogen-bond donors (Lipinski definition) is 4. The van der Waals surface area contributed by atoms with E-state index in [1.54, 1.807) is 25.7 Å². The van der Waals surface area contributed by atoms with Crippen molar-refractivity contribution in [1.29, 1.82) is 0 Å². The van der Waals surface area contributed by atoms with Crippen LogP contribution in [0.4, 0.5) is 18.0 Å². The molecular formula is C38H55F3N4O6. The number of aliphatic hydroxyl groups is 1. The van der Waals surface area contributed by atoms with Gasteiger partial charge in [0.15, 0.2) is 0 Å². The van der Waals surface area contributed by atoms with Gasteiger partial charge in [-0.15, -0.1) is 13.2 Å². The Morgan fingerprint density at radius 2 is 1.53 bits per heavy atom. The van der Waals surface area contributed by atoms with Gasteiger partial charge in [0, 0.05) is 25.0 Å². The first-order valence-corrected chi connectivity index (χ1v) is 17.9. The second-order valence-electron chi connectivity index (χ2n) is 14.4. The van der Waals surface area contributed by atoms with Crippen LogP contribution in [-0.2, 0) is 27.2 Å². The number of aliphatic hydroxyl groups excluding tert-OH is 1. The zero-order valence-electron chi connectivity index (χ0n) is 30.6. The van der Waals surface area contributed by atoms with Gasteiger partial charge in [-0.2, -0.15) is 0 Å². The second kappa shape index (κ2) is 19.1. The minimum absolute atomic E-state index is 0.0369. The fourth-order valence-electron chi connectivity index (χ4n) is 6.20. The predicted molar refractivity (Wildman–Crippen MR) is 189 cm³/mol. The number of hydrogen-bond acceptors (Lipinski definition) is 7. The molecule has 0 bridgehead atoms. The Kier molecular flexibility index (Phi) is 15.6. The van der Waals surface area contributed by atoms with Crippen molar-refractivity contribution in [2.45, 2.75) is 116 Å². The van der Waals surface area contributed by atoms with Crippen molar-refractivity contribution in [2.24, 2.45) is 11.8 Å². The minimum atomic E-state index is -4.86. The number of rotatable bonds is 16. The van der Waals surface area contributed by atoms with E-state index < -0.39 is 53.8 Å². The van der Waals surface area contributed by atoms with Gasteiger partial charge in [0.1, 0.15) is 17.4 Å². The molecule has 2 aromatic carbocycles. The first-order valence-electron chi connectivity index (χ1n) is 17.9. The average molecular weight is 721 g/mol. The number of ether oxygens (including phenoxy) is 2. The molecule has 1 aliphatic heterocycles. The molecule has 284 valence electrons. The number of halogens is 3. The van der Waals surface area contributed by atoms with Crippen LogP contribution in [0.25, 0.3) is 0 Å². The molecular weight excluding hydrogens is 665 g/mol. The van der Waals surface area contributed by atoms with Crippen LogP contribution in [-0.4, -0.2) is 83.7 Å². The number of alkyl carbamates (subject to hydrolysis) is 1.